The monoisotopic (exact) mass is 299 g/mol. The van der Waals surface area contributed by atoms with Crippen LogP contribution >= 0.6 is 0 Å². The number of nitrogens with one attached hydrogen (secondary N) is 2. The Labute approximate surface area is 119 Å². The first-order valence-corrected chi connectivity index (χ1v) is 8.03. The van der Waals surface area contributed by atoms with Gasteiger partial charge in [-0.25, -0.2) is 8.42 Å². The summed E-state index contributed by atoms with van der Waals surface area (Å²) in [7, 11) is -3.31. The Morgan fingerprint density at radius 3 is 2.40 bits per heavy atom. The minimum Gasteiger partial charge on any atom is -0.326 e. The average Bonchev–Trinajstić information content (AvgIpc) is 2.17. The molecule has 0 bridgehead atoms. The Kier molecular flexibility index (Phi) is 4.77. The molecule has 1 rings (SSSR count). The van der Waals surface area contributed by atoms with Crippen LogP contribution in [0.15, 0.2) is 18.2 Å². The first-order chi connectivity index (χ1) is 8.96. The molecule has 112 valence electrons. The molecule has 20 heavy (non-hydrogen) atoms. The number of sulfonamides is 1. The Balaban J connectivity index is 2.80. The Bertz CT molecular complexity index is 604. The summed E-state index contributed by atoms with van der Waals surface area (Å²) in [6.07, 6.45) is 1.29. The number of hydrogen-bond acceptors (Lipinski definition) is 4. The molecule has 1 aromatic rings. The van der Waals surface area contributed by atoms with Gasteiger partial charge in [-0.3, -0.25) is 9.52 Å². The number of hydrogen-bond donors (Lipinski definition) is 3. The van der Waals surface area contributed by atoms with E-state index in [0.29, 0.717) is 11.4 Å². The van der Waals surface area contributed by atoms with Crippen LogP contribution < -0.4 is 15.8 Å². The van der Waals surface area contributed by atoms with Crippen LogP contribution in [0.4, 0.5) is 11.4 Å². The van der Waals surface area contributed by atoms with Crippen molar-refractivity contribution in [2.75, 3.05) is 16.3 Å². The third kappa shape index (κ3) is 6.03. The maximum atomic E-state index is 11.8. The maximum absolute atomic E-state index is 11.8. The van der Waals surface area contributed by atoms with Crippen LogP contribution in [0.2, 0.25) is 0 Å². The number of anilines is 2. The van der Waals surface area contributed by atoms with Gasteiger partial charge in [-0.1, -0.05) is 0 Å². The second kappa shape index (κ2) is 5.80. The van der Waals surface area contributed by atoms with Crippen molar-refractivity contribution in [1.82, 2.24) is 0 Å². The van der Waals surface area contributed by atoms with Gasteiger partial charge in [0.25, 0.3) is 0 Å². The van der Waals surface area contributed by atoms with Crippen molar-refractivity contribution >= 4 is 27.3 Å². The first kappa shape index (κ1) is 16.5. The van der Waals surface area contributed by atoms with E-state index in [1.807, 2.05) is 0 Å². The molecular weight excluding hydrogens is 278 g/mol. The maximum Gasteiger partial charge on any atom is 0.229 e. The van der Waals surface area contributed by atoms with E-state index in [4.69, 9.17) is 5.73 Å². The third-order valence-corrected chi connectivity index (χ3v) is 3.01. The van der Waals surface area contributed by atoms with Gasteiger partial charge in [0.2, 0.25) is 15.9 Å². The summed E-state index contributed by atoms with van der Waals surface area (Å²) in [6, 6.07) is 4.95. The molecule has 1 amide bonds. The molecule has 0 spiro atoms. The number of nitrogens with two attached hydrogens (primary N) is 1. The SMILES string of the molecule is Cc1cc(NC(=O)CC(C)(C)N)ccc1NS(C)(=O)=O. The predicted molar refractivity (Wildman–Crippen MR) is 81.2 cm³/mol. The molecular formula is C13H21N3O3S. The molecule has 0 radical (unpaired) electrons. The predicted octanol–water partition coefficient (Wildman–Crippen LogP) is 1.43. The van der Waals surface area contributed by atoms with Crippen molar-refractivity contribution in [3.8, 4) is 0 Å². The second-order valence-corrected chi connectivity index (χ2v) is 7.37. The lowest BCUT2D eigenvalue weighted by Gasteiger charge is -2.18. The number of aryl methyl sites for hydroxylation is 1. The van der Waals surface area contributed by atoms with E-state index in [1.165, 1.54) is 0 Å². The molecule has 7 heteroatoms. The fourth-order valence-corrected chi connectivity index (χ4v) is 2.30. The van der Waals surface area contributed by atoms with E-state index in [0.717, 1.165) is 11.8 Å². The average molecular weight is 299 g/mol. The van der Waals surface area contributed by atoms with E-state index in [9.17, 15) is 13.2 Å². The summed E-state index contributed by atoms with van der Waals surface area (Å²) in [5.74, 6) is -0.180. The summed E-state index contributed by atoms with van der Waals surface area (Å²) in [4.78, 5) is 11.8. The molecule has 1 aromatic carbocycles. The Morgan fingerprint density at radius 1 is 1.35 bits per heavy atom. The van der Waals surface area contributed by atoms with Crippen LogP contribution in [0.5, 0.6) is 0 Å². The third-order valence-electron chi connectivity index (χ3n) is 2.42. The molecule has 0 fully saturated rings. The van der Waals surface area contributed by atoms with Gasteiger partial charge in [0.15, 0.2) is 0 Å². The standard InChI is InChI=1S/C13H21N3O3S/c1-9-7-10(15-12(17)8-13(2,3)14)5-6-11(9)16-20(4,18)19/h5-7,16H,8,14H2,1-4H3,(H,15,17). The minimum absolute atomic E-state index is 0.180. The topological polar surface area (TPSA) is 101 Å². The lowest BCUT2D eigenvalue weighted by Crippen LogP contribution is -2.36. The van der Waals surface area contributed by atoms with E-state index < -0.39 is 15.6 Å². The smallest absolute Gasteiger partial charge is 0.229 e. The fourth-order valence-electron chi connectivity index (χ4n) is 1.67. The number of rotatable bonds is 5. The lowest BCUT2D eigenvalue weighted by atomic mass is 10.0. The highest BCUT2D eigenvalue weighted by Gasteiger charge is 2.16. The molecule has 6 nitrogen and oxygen atoms in total. The Hall–Kier alpha value is -1.60. The summed E-state index contributed by atoms with van der Waals surface area (Å²) in [6.45, 7) is 5.31. The zero-order valence-corrected chi connectivity index (χ0v) is 13.0. The quantitative estimate of drug-likeness (QED) is 0.765. The molecule has 4 N–H and O–H groups in total. The lowest BCUT2D eigenvalue weighted by molar-refractivity contribution is -0.117. The molecule has 0 heterocycles. The van der Waals surface area contributed by atoms with Gasteiger partial charge < -0.3 is 11.1 Å². The molecule has 0 atom stereocenters. The molecule has 0 aliphatic rings. The second-order valence-electron chi connectivity index (χ2n) is 5.62. The summed E-state index contributed by atoms with van der Waals surface area (Å²) < 4.78 is 24.8. The van der Waals surface area contributed by atoms with E-state index in [2.05, 4.69) is 10.0 Å². The van der Waals surface area contributed by atoms with Crippen molar-refractivity contribution in [1.29, 1.82) is 0 Å². The minimum atomic E-state index is -3.31. The largest absolute Gasteiger partial charge is 0.326 e. The fraction of sp³-hybridized carbons (Fsp3) is 0.462. The van der Waals surface area contributed by atoms with Crippen LogP contribution in [-0.4, -0.2) is 26.1 Å². The number of carbonyl (C=O) groups excluding carboxylic acids is 1. The van der Waals surface area contributed by atoms with Crippen LogP contribution in [0.25, 0.3) is 0 Å². The zero-order valence-electron chi connectivity index (χ0n) is 12.1. The van der Waals surface area contributed by atoms with E-state index >= 15 is 0 Å². The molecule has 0 saturated heterocycles. The van der Waals surface area contributed by atoms with Crippen LogP contribution in [-0.2, 0) is 14.8 Å². The van der Waals surface area contributed by atoms with Crippen LogP contribution in [0, 0.1) is 6.92 Å². The molecule has 0 aliphatic carbocycles. The van der Waals surface area contributed by atoms with Gasteiger partial charge in [0, 0.05) is 17.6 Å². The molecule has 0 aliphatic heterocycles. The van der Waals surface area contributed by atoms with Gasteiger partial charge in [-0.15, -0.1) is 0 Å². The van der Waals surface area contributed by atoms with Gasteiger partial charge in [-0.2, -0.15) is 0 Å². The summed E-state index contributed by atoms with van der Waals surface area (Å²) in [5, 5.41) is 2.73. The number of amides is 1. The van der Waals surface area contributed by atoms with Gasteiger partial charge in [0.05, 0.1) is 11.9 Å². The van der Waals surface area contributed by atoms with E-state index in [-0.39, 0.29) is 12.3 Å². The van der Waals surface area contributed by atoms with Crippen LogP contribution in [0.1, 0.15) is 25.8 Å². The molecule has 0 aromatic heterocycles. The van der Waals surface area contributed by atoms with Gasteiger partial charge in [-0.05, 0) is 44.5 Å². The Morgan fingerprint density at radius 2 is 1.95 bits per heavy atom. The van der Waals surface area contributed by atoms with Crippen molar-refractivity contribution < 1.29 is 13.2 Å². The summed E-state index contributed by atoms with van der Waals surface area (Å²) in [5.41, 5.74) is 7.02. The number of benzene rings is 1. The highest BCUT2D eigenvalue weighted by atomic mass is 32.2. The van der Waals surface area contributed by atoms with Gasteiger partial charge >= 0.3 is 0 Å². The number of carbonyl (C=O) groups is 1. The van der Waals surface area contributed by atoms with Gasteiger partial charge in [0.1, 0.15) is 0 Å². The summed E-state index contributed by atoms with van der Waals surface area (Å²) >= 11 is 0. The molecule has 0 saturated carbocycles. The highest BCUT2D eigenvalue weighted by molar-refractivity contribution is 7.92. The zero-order chi connectivity index (χ0) is 15.6. The van der Waals surface area contributed by atoms with Crippen molar-refractivity contribution in [3.63, 3.8) is 0 Å². The normalized spacial score (nSPS) is 12.1. The first-order valence-electron chi connectivity index (χ1n) is 6.13. The highest BCUT2D eigenvalue weighted by Crippen LogP contribution is 2.21. The van der Waals surface area contributed by atoms with Crippen molar-refractivity contribution in [3.05, 3.63) is 23.8 Å². The van der Waals surface area contributed by atoms with Crippen molar-refractivity contribution in [2.24, 2.45) is 5.73 Å². The van der Waals surface area contributed by atoms with Crippen molar-refractivity contribution in [2.45, 2.75) is 32.7 Å². The van der Waals surface area contributed by atoms with Crippen LogP contribution in [0.3, 0.4) is 0 Å². The van der Waals surface area contributed by atoms with E-state index in [1.54, 1.807) is 39.0 Å². The molecule has 0 unspecified atom stereocenters.